The highest BCUT2D eigenvalue weighted by molar-refractivity contribution is 5.85. The van der Waals surface area contributed by atoms with Gasteiger partial charge in [0, 0.05) is 31.1 Å². The van der Waals surface area contributed by atoms with E-state index in [-0.39, 0.29) is 5.56 Å². The summed E-state index contributed by atoms with van der Waals surface area (Å²) in [5.41, 5.74) is 5.85. The Bertz CT molecular complexity index is 1580. The van der Waals surface area contributed by atoms with Gasteiger partial charge >= 0.3 is 0 Å². The maximum absolute atomic E-state index is 13.8. The van der Waals surface area contributed by atoms with E-state index in [1.165, 1.54) is 5.56 Å². The third-order valence-corrected chi connectivity index (χ3v) is 7.20. The monoisotopic (exact) mass is 522 g/mol. The molecule has 200 valence electrons. The van der Waals surface area contributed by atoms with E-state index in [9.17, 15) is 4.79 Å². The summed E-state index contributed by atoms with van der Waals surface area (Å²) in [5, 5.41) is 13.8. The number of nitrogens with one attached hydrogen (secondary N) is 1. The minimum absolute atomic E-state index is 0.139. The Hall–Kier alpha value is -4.14. The van der Waals surface area contributed by atoms with E-state index in [0.717, 1.165) is 34.0 Å². The van der Waals surface area contributed by atoms with Crippen molar-refractivity contribution in [3.05, 3.63) is 123 Å². The van der Waals surface area contributed by atoms with Crippen molar-refractivity contribution >= 4 is 10.9 Å². The molecule has 0 bridgehead atoms. The number of aromatic nitrogens is 5. The van der Waals surface area contributed by atoms with Crippen molar-refractivity contribution in [2.24, 2.45) is 0 Å². The van der Waals surface area contributed by atoms with E-state index in [4.69, 9.17) is 4.74 Å². The lowest BCUT2D eigenvalue weighted by Crippen LogP contribution is -2.36. The molecule has 0 spiro atoms. The second kappa shape index (κ2) is 12.1. The Morgan fingerprint density at radius 2 is 1.64 bits per heavy atom. The number of hydrogen-bond donors (Lipinski definition) is 1. The first kappa shape index (κ1) is 26.5. The van der Waals surface area contributed by atoms with Crippen LogP contribution < -0.4 is 5.56 Å². The molecule has 39 heavy (non-hydrogen) atoms. The lowest BCUT2D eigenvalue weighted by atomic mass is 9.98. The molecule has 8 nitrogen and oxygen atoms in total. The van der Waals surface area contributed by atoms with E-state index < -0.39 is 6.04 Å². The fourth-order valence-electron chi connectivity index (χ4n) is 5.07. The van der Waals surface area contributed by atoms with Crippen molar-refractivity contribution in [2.75, 3.05) is 20.3 Å². The number of tetrazole rings is 1. The molecular formula is C31H34N6O2. The van der Waals surface area contributed by atoms with Crippen LogP contribution in [0.2, 0.25) is 0 Å². The number of fused-ring (bicyclic) bond motifs is 1. The summed E-state index contributed by atoms with van der Waals surface area (Å²) >= 11 is 0. The predicted octanol–water partition coefficient (Wildman–Crippen LogP) is 4.61. The Morgan fingerprint density at radius 3 is 2.36 bits per heavy atom. The molecule has 0 aliphatic heterocycles. The van der Waals surface area contributed by atoms with E-state index in [1.54, 1.807) is 11.8 Å². The molecule has 2 aromatic heterocycles. The lowest BCUT2D eigenvalue weighted by molar-refractivity contribution is 0.172. The van der Waals surface area contributed by atoms with Gasteiger partial charge in [0.2, 0.25) is 0 Å². The first-order valence-corrected chi connectivity index (χ1v) is 13.2. The van der Waals surface area contributed by atoms with Crippen LogP contribution >= 0.6 is 0 Å². The molecule has 2 heterocycles. The van der Waals surface area contributed by atoms with Crippen molar-refractivity contribution < 1.29 is 4.74 Å². The van der Waals surface area contributed by atoms with Crippen LogP contribution in [0, 0.1) is 13.8 Å². The molecule has 3 aromatic carbocycles. The first-order chi connectivity index (χ1) is 19.0. The number of benzene rings is 3. The Kier molecular flexibility index (Phi) is 8.24. The highest BCUT2D eigenvalue weighted by atomic mass is 16.5. The topological polar surface area (TPSA) is 88.9 Å². The Labute approximate surface area is 228 Å². The van der Waals surface area contributed by atoms with Crippen LogP contribution in [0.15, 0.2) is 83.7 Å². The average Bonchev–Trinajstić information content (AvgIpc) is 3.42. The van der Waals surface area contributed by atoms with Crippen LogP contribution in [0.25, 0.3) is 10.9 Å². The number of methoxy groups -OCH3 is 1. The van der Waals surface area contributed by atoms with E-state index in [1.807, 2.05) is 43.3 Å². The summed E-state index contributed by atoms with van der Waals surface area (Å²) < 4.78 is 7.08. The van der Waals surface area contributed by atoms with Gasteiger partial charge in [0.15, 0.2) is 5.82 Å². The fraction of sp³-hybridized carbons (Fsp3) is 0.290. The molecule has 0 fully saturated rings. The number of aryl methyl sites for hydroxylation is 2. The molecule has 0 radical (unpaired) electrons. The zero-order valence-corrected chi connectivity index (χ0v) is 22.7. The zero-order chi connectivity index (χ0) is 27.2. The van der Waals surface area contributed by atoms with E-state index >= 15 is 0 Å². The largest absolute Gasteiger partial charge is 0.383 e. The first-order valence-electron chi connectivity index (χ1n) is 13.2. The summed E-state index contributed by atoms with van der Waals surface area (Å²) in [4.78, 5) is 19.3. The van der Waals surface area contributed by atoms with Gasteiger partial charge in [-0.05, 0) is 59.0 Å². The molecule has 8 heteroatoms. The van der Waals surface area contributed by atoms with Crippen LogP contribution in [-0.4, -0.2) is 50.4 Å². The Morgan fingerprint density at radius 1 is 0.949 bits per heavy atom. The van der Waals surface area contributed by atoms with Gasteiger partial charge in [0.1, 0.15) is 6.04 Å². The lowest BCUT2D eigenvalue weighted by Gasteiger charge is -2.31. The molecule has 0 aliphatic carbocycles. The second-order valence-corrected chi connectivity index (χ2v) is 9.89. The fourth-order valence-corrected chi connectivity index (χ4v) is 5.07. The number of ether oxygens (including phenoxy) is 1. The third-order valence-electron chi connectivity index (χ3n) is 7.20. The van der Waals surface area contributed by atoms with Crippen molar-refractivity contribution in [3.63, 3.8) is 0 Å². The maximum atomic E-state index is 13.8. The summed E-state index contributed by atoms with van der Waals surface area (Å²) in [5.74, 6) is 0.617. The molecule has 0 saturated heterocycles. The summed E-state index contributed by atoms with van der Waals surface area (Å²) in [6.45, 7) is 6.35. The molecule has 0 amide bonds. The van der Waals surface area contributed by atoms with Crippen LogP contribution in [0.3, 0.4) is 0 Å². The minimum atomic E-state index is -0.478. The number of hydrogen-bond acceptors (Lipinski definition) is 6. The molecule has 0 aliphatic rings. The number of pyridine rings is 1. The number of rotatable bonds is 11. The van der Waals surface area contributed by atoms with Crippen LogP contribution in [0.4, 0.5) is 0 Å². The molecule has 1 atom stereocenters. The summed E-state index contributed by atoms with van der Waals surface area (Å²) in [6, 6.07) is 26.4. The second-order valence-electron chi connectivity index (χ2n) is 9.89. The van der Waals surface area contributed by atoms with Crippen LogP contribution in [-0.2, 0) is 24.2 Å². The van der Waals surface area contributed by atoms with Crippen molar-refractivity contribution in [1.82, 2.24) is 30.1 Å². The molecule has 1 N–H and O–H groups in total. The van der Waals surface area contributed by atoms with Gasteiger partial charge in [0.05, 0.1) is 18.7 Å². The average molecular weight is 523 g/mol. The molecule has 0 unspecified atom stereocenters. The standard InChI is InChI=1S/C31H34N6O2/c1-22-14-15-23(2)28-26(22)20-27(31(38)32-28)29(30-33-34-35-37(30)18-19-39-3)36(21-25-12-8-5-9-13-25)17-16-24-10-6-4-7-11-24/h4-15,20,29H,16-19,21H2,1-3H3,(H,32,38)/t29-/m0/s1. The zero-order valence-electron chi connectivity index (χ0n) is 22.7. The van der Waals surface area contributed by atoms with Gasteiger partial charge < -0.3 is 9.72 Å². The number of nitrogens with zero attached hydrogens (tertiary/aromatic N) is 5. The minimum Gasteiger partial charge on any atom is -0.383 e. The Balaban J connectivity index is 1.67. The van der Waals surface area contributed by atoms with Gasteiger partial charge in [-0.3, -0.25) is 9.69 Å². The quantitative estimate of drug-likeness (QED) is 0.273. The van der Waals surface area contributed by atoms with E-state index in [2.05, 4.69) is 74.8 Å². The number of aromatic amines is 1. The van der Waals surface area contributed by atoms with Crippen LogP contribution in [0.1, 0.15) is 39.7 Å². The van der Waals surface area contributed by atoms with Gasteiger partial charge in [-0.2, -0.15) is 0 Å². The molecule has 0 saturated carbocycles. The SMILES string of the molecule is COCCn1nnnc1[C@H](c1cc2c(C)ccc(C)c2[nH]c1=O)N(CCc1ccccc1)Cc1ccccc1. The molecular weight excluding hydrogens is 488 g/mol. The van der Waals surface area contributed by atoms with Crippen molar-refractivity contribution in [2.45, 2.75) is 39.4 Å². The van der Waals surface area contributed by atoms with Crippen molar-refractivity contribution in [3.8, 4) is 0 Å². The van der Waals surface area contributed by atoms with Crippen molar-refractivity contribution in [1.29, 1.82) is 0 Å². The van der Waals surface area contributed by atoms with Crippen LogP contribution in [0.5, 0.6) is 0 Å². The predicted molar refractivity (Wildman–Crippen MR) is 153 cm³/mol. The maximum Gasteiger partial charge on any atom is 0.253 e. The van der Waals surface area contributed by atoms with Gasteiger partial charge in [-0.25, -0.2) is 4.68 Å². The third kappa shape index (κ3) is 5.97. The summed E-state index contributed by atoms with van der Waals surface area (Å²) in [6.07, 6.45) is 0.813. The van der Waals surface area contributed by atoms with E-state index in [0.29, 0.717) is 37.6 Å². The van der Waals surface area contributed by atoms with Gasteiger partial charge in [-0.1, -0.05) is 72.8 Å². The van der Waals surface area contributed by atoms with Gasteiger partial charge in [-0.15, -0.1) is 5.10 Å². The highest BCUT2D eigenvalue weighted by Gasteiger charge is 2.31. The molecule has 5 rings (SSSR count). The highest BCUT2D eigenvalue weighted by Crippen LogP contribution is 2.30. The van der Waals surface area contributed by atoms with Gasteiger partial charge in [0.25, 0.3) is 5.56 Å². The summed E-state index contributed by atoms with van der Waals surface area (Å²) in [7, 11) is 1.65. The smallest absolute Gasteiger partial charge is 0.253 e. The molecule has 5 aromatic rings. The number of H-pyrrole nitrogens is 1. The normalized spacial score (nSPS) is 12.3.